The Labute approximate surface area is 286 Å². The summed E-state index contributed by atoms with van der Waals surface area (Å²) in [4.78, 5) is 10.4. The Morgan fingerprint density at radius 2 is 1.26 bits per heavy atom. The second kappa shape index (κ2) is 10.4. The van der Waals surface area contributed by atoms with Crippen LogP contribution in [-0.4, -0.2) is 22.4 Å². The number of aliphatic imine (C=N–C) groups is 2. The molecule has 50 heavy (non-hydrogen) atoms. The summed E-state index contributed by atoms with van der Waals surface area (Å²) in [6, 6.07) is 43.9. The van der Waals surface area contributed by atoms with Gasteiger partial charge >= 0.3 is 0 Å². The fourth-order valence-electron chi connectivity index (χ4n) is 7.80. The molecular formula is C44H27N4O2-. The Morgan fingerprint density at radius 1 is 0.600 bits per heavy atom. The van der Waals surface area contributed by atoms with Crippen molar-refractivity contribution >= 4 is 77.4 Å². The molecule has 0 saturated carbocycles. The number of rotatable bonds is 4. The van der Waals surface area contributed by atoms with Crippen molar-refractivity contribution in [2.45, 2.75) is 12.6 Å². The van der Waals surface area contributed by atoms with Crippen molar-refractivity contribution < 1.29 is 8.83 Å². The summed E-state index contributed by atoms with van der Waals surface area (Å²) in [7, 11) is 0. The van der Waals surface area contributed by atoms with Crippen molar-refractivity contribution in [1.82, 2.24) is 4.57 Å². The molecule has 0 fully saturated rings. The Bertz CT molecular complexity index is 2950. The number of benzene rings is 6. The van der Waals surface area contributed by atoms with Crippen LogP contribution in [0.4, 0.5) is 0 Å². The molecule has 4 heterocycles. The van der Waals surface area contributed by atoms with E-state index in [1.54, 1.807) is 0 Å². The zero-order valence-electron chi connectivity index (χ0n) is 26.7. The predicted molar refractivity (Wildman–Crippen MR) is 204 cm³/mol. The highest BCUT2D eigenvalue weighted by atomic mass is 16.3. The van der Waals surface area contributed by atoms with E-state index in [2.05, 4.69) is 114 Å². The van der Waals surface area contributed by atoms with Crippen LogP contribution in [0.2, 0.25) is 0 Å². The summed E-state index contributed by atoms with van der Waals surface area (Å²) >= 11 is 0. The summed E-state index contributed by atoms with van der Waals surface area (Å²) in [6.45, 7) is 0. The Kier molecular flexibility index (Phi) is 5.69. The lowest BCUT2D eigenvalue weighted by Crippen LogP contribution is -2.21. The second-order valence-electron chi connectivity index (χ2n) is 12.8. The van der Waals surface area contributed by atoms with Gasteiger partial charge in [-0.1, -0.05) is 115 Å². The molecule has 0 bridgehead atoms. The first-order valence-corrected chi connectivity index (χ1v) is 16.9. The molecule has 0 amide bonds. The van der Waals surface area contributed by atoms with Crippen molar-refractivity contribution in [2.75, 3.05) is 0 Å². The van der Waals surface area contributed by atoms with Gasteiger partial charge in [0.05, 0.1) is 28.7 Å². The van der Waals surface area contributed by atoms with Gasteiger partial charge in [0.25, 0.3) is 0 Å². The number of furan rings is 2. The lowest BCUT2D eigenvalue weighted by Gasteiger charge is -2.33. The third-order valence-electron chi connectivity index (χ3n) is 10.0. The first kappa shape index (κ1) is 27.3. The third-order valence-corrected chi connectivity index (χ3v) is 10.0. The SMILES string of the molecule is C1=CCC(C2N=C(c3cccc4oc5c(-n6c7ccccc7c7ccccc76)cccc5c34)N=C(c3cccc4c3oc3ccccc34)[N-]2)=C1. The number of hydrogen-bond acceptors (Lipinski definition) is 4. The van der Waals surface area contributed by atoms with Crippen LogP contribution in [0.3, 0.4) is 0 Å². The number of allylic oxidation sites excluding steroid dienone is 3. The molecule has 11 rings (SSSR count). The van der Waals surface area contributed by atoms with Crippen LogP contribution < -0.4 is 0 Å². The van der Waals surface area contributed by atoms with Crippen LogP contribution >= 0.6 is 0 Å². The fraction of sp³-hybridized carbons (Fsp3) is 0.0455. The van der Waals surface area contributed by atoms with E-state index >= 15 is 0 Å². The topological polar surface area (TPSA) is 70.0 Å². The highest BCUT2D eigenvalue weighted by Gasteiger charge is 2.23. The van der Waals surface area contributed by atoms with Gasteiger partial charge in [-0.05, 0) is 48.2 Å². The van der Waals surface area contributed by atoms with Crippen LogP contribution in [0.5, 0.6) is 0 Å². The zero-order valence-corrected chi connectivity index (χ0v) is 26.7. The molecule has 1 atom stereocenters. The number of para-hydroxylation sites is 5. The van der Waals surface area contributed by atoms with Crippen molar-refractivity contribution in [2.24, 2.45) is 9.98 Å². The number of amidine groups is 2. The van der Waals surface area contributed by atoms with Gasteiger partial charge < -0.3 is 23.7 Å². The average molecular weight is 644 g/mol. The highest BCUT2D eigenvalue weighted by molar-refractivity contribution is 6.27. The molecule has 0 spiro atoms. The molecule has 1 aliphatic carbocycles. The Morgan fingerprint density at radius 3 is 2.08 bits per heavy atom. The average Bonchev–Trinajstić information content (AvgIpc) is 3.98. The smallest absolute Gasteiger partial charge is 0.159 e. The minimum absolute atomic E-state index is 0.409. The standard InChI is InChI=1S/C44H27N4O2/c1-2-13-26(12-1)42-45-43(47-44(46-42)33-20-9-17-30-29-16-5-8-24-37(29)49-40(30)33)32-19-11-25-38-39(32)31-18-10-23-36(41(31)50-38)48-34-21-6-3-14-27(34)28-15-4-7-22-35(28)48/h1-12,14-25,42H,13H2/q-1. The first-order valence-electron chi connectivity index (χ1n) is 16.9. The first-order chi connectivity index (χ1) is 24.8. The summed E-state index contributed by atoms with van der Waals surface area (Å²) in [6.07, 6.45) is 6.73. The maximum Gasteiger partial charge on any atom is 0.159 e. The summed E-state index contributed by atoms with van der Waals surface area (Å²) in [5, 5.41) is 11.7. The van der Waals surface area contributed by atoms with Crippen LogP contribution in [0.1, 0.15) is 17.5 Å². The molecule has 6 heteroatoms. The third kappa shape index (κ3) is 3.90. The number of aromatic nitrogens is 1. The van der Waals surface area contributed by atoms with E-state index in [4.69, 9.17) is 24.1 Å². The van der Waals surface area contributed by atoms with Gasteiger partial charge in [-0.25, -0.2) is 0 Å². The minimum atomic E-state index is -0.409. The van der Waals surface area contributed by atoms with Crippen molar-refractivity contribution in [3.05, 3.63) is 168 Å². The molecule has 1 unspecified atom stereocenters. The van der Waals surface area contributed by atoms with E-state index in [1.807, 2.05) is 36.4 Å². The van der Waals surface area contributed by atoms with Crippen LogP contribution in [0.15, 0.2) is 170 Å². The van der Waals surface area contributed by atoms with E-state index in [9.17, 15) is 0 Å². The largest absolute Gasteiger partial charge is 0.455 e. The molecular weight excluding hydrogens is 617 g/mol. The number of fused-ring (bicyclic) bond motifs is 9. The van der Waals surface area contributed by atoms with Gasteiger partial charge in [-0.15, -0.1) is 0 Å². The predicted octanol–water partition coefficient (Wildman–Crippen LogP) is 11.4. The van der Waals surface area contributed by atoms with E-state index in [0.29, 0.717) is 11.7 Å². The summed E-state index contributed by atoms with van der Waals surface area (Å²) in [5.74, 6) is 1.23. The van der Waals surface area contributed by atoms with Gasteiger partial charge in [0, 0.05) is 43.4 Å². The minimum Gasteiger partial charge on any atom is -0.455 e. The summed E-state index contributed by atoms with van der Waals surface area (Å²) < 4.78 is 15.5. The second-order valence-corrected chi connectivity index (χ2v) is 12.8. The molecule has 6 nitrogen and oxygen atoms in total. The van der Waals surface area contributed by atoms with Crippen molar-refractivity contribution in [3.8, 4) is 5.69 Å². The van der Waals surface area contributed by atoms with Crippen LogP contribution in [0, 0.1) is 0 Å². The number of nitrogens with zero attached hydrogens (tertiary/aromatic N) is 4. The van der Waals surface area contributed by atoms with Crippen molar-refractivity contribution in [3.63, 3.8) is 0 Å². The molecule has 0 radical (unpaired) electrons. The molecule has 6 aromatic carbocycles. The molecule has 1 aliphatic heterocycles. The molecule has 2 aliphatic rings. The van der Waals surface area contributed by atoms with Gasteiger partial charge in [-0.2, -0.15) is 0 Å². The van der Waals surface area contributed by atoms with E-state index < -0.39 is 6.17 Å². The monoisotopic (exact) mass is 643 g/mol. The van der Waals surface area contributed by atoms with Gasteiger partial charge in [0.2, 0.25) is 0 Å². The maximum absolute atomic E-state index is 6.78. The lowest BCUT2D eigenvalue weighted by atomic mass is 10.0. The van der Waals surface area contributed by atoms with E-state index in [1.165, 1.54) is 10.8 Å². The Hall–Kier alpha value is -6.66. The molecule has 0 N–H and O–H groups in total. The van der Waals surface area contributed by atoms with Gasteiger partial charge in [0.1, 0.15) is 16.7 Å². The number of hydrogen-bond donors (Lipinski definition) is 0. The van der Waals surface area contributed by atoms with Crippen molar-refractivity contribution in [1.29, 1.82) is 0 Å². The van der Waals surface area contributed by atoms with E-state index in [-0.39, 0.29) is 0 Å². The maximum atomic E-state index is 6.78. The van der Waals surface area contributed by atoms with Crippen LogP contribution in [-0.2, 0) is 0 Å². The quantitative estimate of drug-likeness (QED) is 0.191. The van der Waals surface area contributed by atoms with Gasteiger partial charge in [-0.3, -0.25) is 4.99 Å². The zero-order chi connectivity index (χ0) is 32.8. The molecule has 9 aromatic rings. The Balaban J connectivity index is 1.14. The lowest BCUT2D eigenvalue weighted by molar-refractivity contribution is 0.666. The molecule has 236 valence electrons. The molecule has 3 aromatic heterocycles. The highest BCUT2D eigenvalue weighted by Crippen LogP contribution is 2.40. The van der Waals surface area contributed by atoms with Gasteiger partial charge in [0.15, 0.2) is 5.58 Å². The fourth-order valence-corrected chi connectivity index (χ4v) is 7.80. The molecule has 0 saturated heterocycles. The van der Waals surface area contributed by atoms with Crippen LogP contribution in [0.25, 0.3) is 76.7 Å². The normalized spacial score (nSPS) is 16.2. The summed E-state index contributed by atoms with van der Waals surface area (Å²) in [5.41, 5.74) is 9.36. The van der Waals surface area contributed by atoms with E-state index in [0.717, 1.165) is 83.7 Å².